The molecule has 0 saturated heterocycles. The summed E-state index contributed by atoms with van der Waals surface area (Å²) >= 11 is 0. The Balaban J connectivity index is 1.69. The van der Waals surface area contributed by atoms with Crippen LogP contribution in [0, 0.1) is 18.6 Å². The second-order valence-electron chi connectivity index (χ2n) is 7.37. The van der Waals surface area contributed by atoms with E-state index in [9.17, 15) is 18.4 Å². The summed E-state index contributed by atoms with van der Waals surface area (Å²) in [5.41, 5.74) is 1.79. The van der Waals surface area contributed by atoms with Crippen molar-refractivity contribution in [1.82, 2.24) is 9.13 Å². The summed E-state index contributed by atoms with van der Waals surface area (Å²) in [5, 5.41) is 1.50. The molecule has 0 spiro atoms. The zero-order valence-corrected chi connectivity index (χ0v) is 16.2. The SMILES string of the molecule is Cc1ccc(CC(=O)CCn2c(=O)c3c(ccn3C)c3ccc(F)cc32)c(F)c1. The van der Waals surface area contributed by atoms with Crippen LogP contribution < -0.4 is 5.56 Å². The Kier molecular flexibility index (Phi) is 4.78. The van der Waals surface area contributed by atoms with E-state index in [0.717, 1.165) is 16.3 Å². The molecule has 2 heterocycles. The number of pyridine rings is 1. The predicted molar refractivity (Wildman–Crippen MR) is 109 cm³/mol. The highest BCUT2D eigenvalue weighted by atomic mass is 19.1. The minimum atomic E-state index is -0.450. The van der Waals surface area contributed by atoms with Gasteiger partial charge in [0.1, 0.15) is 22.9 Å². The molecule has 148 valence electrons. The monoisotopic (exact) mass is 394 g/mol. The standard InChI is InChI=1S/C23H20F2N2O2/c1-14-3-4-15(20(25)11-14)12-17(28)7-10-27-21-13-16(24)5-6-18(21)19-8-9-26(2)22(19)23(27)29/h3-6,8-9,11,13H,7,10,12H2,1-2H3. The van der Waals surface area contributed by atoms with Crippen LogP contribution in [0.1, 0.15) is 17.5 Å². The van der Waals surface area contributed by atoms with Gasteiger partial charge in [-0.1, -0.05) is 12.1 Å². The van der Waals surface area contributed by atoms with E-state index in [-0.39, 0.29) is 30.7 Å². The van der Waals surface area contributed by atoms with Crippen molar-refractivity contribution in [1.29, 1.82) is 0 Å². The third kappa shape index (κ3) is 3.46. The summed E-state index contributed by atoms with van der Waals surface area (Å²) in [6.45, 7) is 1.89. The number of aromatic nitrogens is 2. The molecular formula is C23H20F2N2O2. The van der Waals surface area contributed by atoms with Crippen LogP contribution in [0.2, 0.25) is 0 Å². The number of rotatable bonds is 5. The van der Waals surface area contributed by atoms with Gasteiger partial charge in [0.25, 0.3) is 5.56 Å². The highest BCUT2D eigenvalue weighted by Gasteiger charge is 2.15. The number of carbonyl (C=O) groups is 1. The Morgan fingerprint density at radius 3 is 2.59 bits per heavy atom. The van der Waals surface area contributed by atoms with Crippen molar-refractivity contribution in [2.24, 2.45) is 7.05 Å². The maximum absolute atomic E-state index is 14.0. The second kappa shape index (κ2) is 7.28. The fourth-order valence-electron chi connectivity index (χ4n) is 3.76. The number of Topliss-reactive ketones (excluding diaryl/α,β-unsaturated/α-hetero) is 1. The highest BCUT2D eigenvalue weighted by molar-refractivity contribution is 6.04. The number of fused-ring (bicyclic) bond motifs is 3. The van der Waals surface area contributed by atoms with E-state index in [0.29, 0.717) is 16.6 Å². The van der Waals surface area contributed by atoms with Crippen LogP contribution in [0.3, 0.4) is 0 Å². The van der Waals surface area contributed by atoms with E-state index in [2.05, 4.69) is 0 Å². The molecule has 0 amide bonds. The van der Waals surface area contributed by atoms with Gasteiger partial charge in [-0.25, -0.2) is 8.78 Å². The third-order valence-corrected chi connectivity index (χ3v) is 5.27. The summed E-state index contributed by atoms with van der Waals surface area (Å²) in [6, 6.07) is 10.9. The van der Waals surface area contributed by atoms with Crippen LogP contribution in [0.25, 0.3) is 21.8 Å². The summed E-state index contributed by atoms with van der Waals surface area (Å²) in [7, 11) is 1.77. The van der Waals surface area contributed by atoms with E-state index in [4.69, 9.17) is 0 Å². The van der Waals surface area contributed by atoms with Gasteiger partial charge in [-0.3, -0.25) is 9.59 Å². The van der Waals surface area contributed by atoms with Crippen molar-refractivity contribution in [3.63, 3.8) is 0 Å². The molecule has 0 aliphatic carbocycles. The first-order valence-electron chi connectivity index (χ1n) is 9.39. The van der Waals surface area contributed by atoms with E-state index in [1.807, 2.05) is 6.07 Å². The molecular weight excluding hydrogens is 374 g/mol. The number of hydrogen-bond donors (Lipinski definition) is 0. The largest absolute Gasteiger partial charge is 0.346 e. The molecule has 0 aliphatic heterocycles. The minimum absolute atomic E-state index is 0.0421. The quantitative estimate of drug-likeness (QED) is 0.507. The van der Waals surface area contributed by atoms with E-state index < -0.39 is 11.6 Å². The van der Waals surface area contributed by atoms with Crippen LogP contribution in [-0.4, -0.2) is 14.9 Å². The summed E-state index contributed by atoms with van der Waals surface area (Å²) in [6.07, 6.45) is 1.79. The molecule has 0 bridgehead atoms. The molecule has 29 heavy (non-hydrogen) atoms. The summed E-state index contributed by atoms with van der Waals surface area (Å²) in [5.74, 6) is -1.04. The zero-order chi connectivity index (χ0) is 20.7. The van der Waals surface area contributed by atoms with Crippen molar-refractivity contribution >= 4 is 27.6 Å². The first kappa shape index (κ1) is 19.1. The summed E-state index contributed by atoms with van der Waals surface area (Å²) in [4.78, 5) is 25.5. The average Bonchev–Trinajstić information content (AvgIpc) is 3.06. The van der Waals surface area contributed by atoms with Gasteiger partial charge in [-0.05, 0) is 48.4 Å². The molecule has 4 rings (SSSR count). The predicted octanol–water partition coefficient (Wildman–Crippen LogP) is 4.28. The van der Waals surface area contributed by atoms with Gasteiger partial charge in [0.05, 0.1) is 5.52 Å². The molecule has 4 nitrogen and oxygen atoms in total. The molecule has 2 aromatic carbocycles. The molecule has 2 aromatic heterocycles. The van der Waals surface area contributed by atoms with Gasteiger partial charge in [0.2, 0.25) is 0 Å². The number of ketones is 1. The highest BCUT2D eigenvalue weighted by Crippen LogP contribution is 2.24. The maximum Gasteiger partial charge on any atom is 0.275 e. The molecule has 0 N–H and O–H groups in total. The molecule has 4 aromatic rings. The lowest BCUT2D eigenvalue weighted by Gasteiger charge is -2.12. The lowest BCUT2D eigenvalue weighted by Crippen LogP contribution is -2.24. The minimum Gasteiger partial charge on any atom is -0.346 e. The molecule has 0 radical (unpaired) electrons. The van der Waals surface area contributed by atoms with Gasteiger partial charge in [0.15, 0.2) is 0 Å². The van der Waals surface area contributed by atoms with E-state index >= 15 is 0 Å². The van der Waals surface area contributed by atoms with Crippen molar-refractivity contribution in [2.75, 3.05) is 0 Å². The van der Waals surface area contributed by atoms with Crippen molar-refractivity contribution in [2.45, 2.75) is 26.3 Å². The summed E-state index contributed by atoms with van der Waals surface area (Å²) < 4.78 is 31.1. The Bertz CT molecular complexity index is 1320. The molecule has 0 aliphatic rings. The number of aryl methyl sites for hydroxylation is 3. The molecule has 0 unspecified atom stereocenters. The Labute approximate surface area is 166 Å². The number of nitrogens with zero attached hydrogens (tertiary/aromatic N) is 2. The van der Waals surface area contributed by atoms with Gasteiger partial charge in [0, 0.05) is 43.4 Å². The van der Waals surface area contributed by atoms with Crippen molar-refractivity contribution in [3.8, 4) is 0 Å². The average molecular weight is 394 g/mol. The third-order valence-electron chi connectivity index (χ3n) is 5.27. The fraction of sp³-hybridized carbons (Fsp3) is 0.217. The number of carbonyl (C=O) groups excluding carboxylic acids is 1. The maximum atomic E-state index is 14.0. The van der Waals surface area contributed by atoms with Crippen LogP contribution in [0.4, 0.5) is 8.78 Å². The molecule has 0 saturated carbocycles. The Hall–Kier alpha value is -3.28. The lowest BCUT2D eigenvalue weighted by molar-refractivity contribution is -0.118. The first-order chi connectivity index (χ1) is 13.8. The first-order valence-corrected chi connectivity index (χ1v) is 9.39. The Morgan fingerprint density at radius 2 is 1.83 bits per heavy atom. The number of benzene rings is 2. The van der Waals surface area contributed by atoms with E-state index in [1.54, 1.807) is 42.9 Å². The van der Waals surface area contributed by atoms with Gasteiger partial charge in [-0.2, -0.15) is 0 Å². The van der Waals surface area contributed by atoms with Gasteiger partial charge in [-0.15, -0.1) is 0 Å². The molecule has 0 atom stereocenters. The lowest BCUT2D eigenvalue weighted by atomic mass is 10.0. The van der Waals surface area contributed by atoms with Crippen LogP contribution in [0.15, 0.2) is 53.5 Å². The topological polar surface area (TPSA) is 44.0 Å². The molecule has 6 heteroatoms. The van der Waals surface area contributed by atoms with Crippen LogP contribution >= 0.6 is 0 Å². The molecule has 0 fully saturated rings. The van der Waals surface area contributed by atoms with Gasteiger partial charge < -0.3 is 9.13 Å². The second-order valence-corrected chi connectivity index (χ2v) is 7.37. The fourth-order valence-corrected chi connectivity index (χ4v) is 3.76. The van der Waals surface area contributed by atoms with E-state index in [1.165, 1.54) is 22.8 Å². The van der Waals surface area contributed by atoms with Crippen molar-refractivity contribution in [3.05, 3.63) is 81.8 Å². The van der Waals surface area contributed by atoms with Crippen LogP contribution in [0.5, 0.6) is 0 Å². The van der Waals surface area contributed by atoms with Crippen LogP contribution in [-0.2, 0) is 24.8 Å². The van der Waals surface area contributed by atoms with Gasteiger partial charge >= 0.3 is 0 Å². The van der Waals surface area contributed by atoms with Crippen molar-refractivity contribution < 1.29 is 13.6 Å². The normalized spacial score (nSPS) is 11.4. The number of halogens is 2. The number of hydrogen-bond acceptors (Lipinski definition) is 2. The zero-order valence-electron chi connectivity index (χ0n) is 16.2. The Morgan fingerprint density at radius 1 is 1.03 bits per heavy atom. The smallest absolute Gasteiger partial charge is 0.275 e.